The van der Waals surface area contributed by atoms with Crippen molar-refractivity contribution in [1.29, 1.82) is 0 Å². The van der Waals surface area contributed by atoms with Crippen molar-refractivity contribution in [2.75, 3.05) is 20.2 Å². The van der Waals surface area contributed by atoms with Gasteiger partial charge in [0.15, 0.2) is 0 Å². The second kappa shape index (κ2) is 7.28. The van der Waals surface area contributed by atoms with E-state index in [1.807, 2.05) is 24.3 Å². The molecule has 0 spiro atoms. The third-order valence-electron chi connectivity index (χ3n) is 6.13. The van der Waals surface area contributed by atoms with Crippen LogP contribution in [-0.2, 0) is 0 Å². The van der Waals surface area contributed by atoms with Gasteiger partial charge in [0, 0.05) is 24.2 Å². The maximum absolute atomic E-state index is 11.2. The maximum Gasteiger partial charge on any atom is 0.119 e. The average molecular weight is 344 g/mol. The lowest BCUT2D eigenvalue weighted by molar-refractivity contribution is -0.0562. The van der Waals surface area contributed by atoms with Gasteiger partial charge in [-0.15, -0.1) is 0 Å². The molecular weight excluding hydrogens is 316 g/mol. The van der Waals surface area contributed by atoms with Crippen molar-refractivity contribution in [3.8, 4) is 5.75 Å². The van der Waals surface area contributed by atoms with Gasteiger partial charge in [-0.3, -0.25) is 9.88 Å². The van der Waals surface area contributed by atoms with Crippen LogP contribution < -0.4 is 4.74 Å². The number of ether oxygens (including phenoxy) is 1. The van der Waals surface area contributed by atoms with Crippen LogP contribution in [0.5, 0.6) is 5.75 Å². The topological polar surface area (TPSA) is 77.1 Å². The van der Waals surface area contributed by atoms with Gasteiger partial charge in [0.2, 0.25) is 0 Å². The molecular formula is C20H28N2O3. The highest BCUT2D eigenvalue weighted by atomic mass is 16.5. The van der Waals surface area contributed by atoms with Crippen LogP contribution in [0.25, 0.3) is 10.9 Å². The van der Waals surface area contributed by atoms with Gasteiger partial charge in [-0.25, -0.2) is 0 Å². The number of hydrogen-bond acceptors (Lipinski definition) is 4. The second-order valence-electron chi connectivity index (χ2n) is 7.24. The Morgan fingerprint density at radius 3 is 2.88 bits per heavy atom. The van der Waals surface area contributed by atoms with Gasteiger partial charge in [0.1, 0.15) is 5.75 Å². The van der Waals surface area contributed by atoms with Crippen molar-refractivity contribution in [2.45, 2.75) is 38.3 Å². The Hall–Kier alpha value is -1.69. The fraction of sp³-hybridized carbons (Fsp3) is 0.550. The second-order valence-corrected chi connectivity index (χ2v) is 7.24. The molecule has 5 atom stereocenters. The van der Waals surface area contributed by atoms with Crippen molar-refractivity contribution in [1.82, 2.24) is 9.88 Å². The lowest BCUT2D eigenvalue weighted by Gasteiger charge is -2.51. The van der Waals surface area contributed by atoms with Crippen LogP contribution in [0.3, 0.4) is 0 Å². The summed E-state index contributed by atoms with van der Waals surface area (Å²) in [5, 5.41) is 12.2. The number of fused-ring (bicyclic) bond motifs is 4. The smallest absolute Gasteiger partial charge is 0.119 e. The van der Waals surface area contributed by atoms with Crippen LogP contribution in [0.2, 0.25) is 0 Å². The number of nitrogens with zero attached hydrogens (tertiary/aromatic N) is 2. The van der Waals surface area contributed by atoms with E-state index < -0.39 is 6.10 Å². The molecule has 25 heavy (non-hydrogen) atoms. The van der Waals surface area contributed by atoms with E-state index >= 15 is 0 Å². The molecule has 136 valence electrons. The predicted octanol–water partition coefficient (Wildman–Crippen LogP) is 2.57. The number of pyridine rings is 1. The average Bonchev–Trinajstić information content (AvgIpc) is 2.66. The summed E-state index contributed by atoms with van der Waals surface area (Å²) >= 11 is 0. The quantitative estimate of drug-likeness (QED) is 0.925. The number of aliphatic hydroxyl groups is 1. The molecule has 2 aromatic rings. The minimum atomic E-state index is -0.469. The van der Waals surface area contributed by atoms with E-state index in [2.05, 4.69) is 16.8 Å². The maximum atomic E-state index is 11.2. The van der Waals surface area contributed by atoms with Gasteiger partial charge >= 0.3 is 0 Å². The zero-order chi connectivity index (χ0) is 16.7. The van der Waals surface area contributed by atoms with Crippen LogP contribution in [0.1, 0.15) is 37.9 Å². The molecule has 4 heterocycles. The molecule has 2 bridgehead atoms. The van der Waals surface area contributed by atoms with E-state index in [1.165, 1.54) is 12.8 Å². The van der Waals surface area contributed by atoms with Crippen LogP contribution in [-0.4, -0.2) is 46.7 Å². The molecule has 0 aliphatic carbocycles. The molecule has 5 nitrogen and oxygen atoms in total. The number of piperidine rings is 3. The summed E-state index contributed by atoms with van der Waals surface area (Å²) in [6.07, 6.45) is 4.97. The third kappa shape index (κ3) is 3.12. The highest BCUT2D eigenvalue weighted by Crippen LogP contribution is 2.42. The van der Waals surface area contributed by atoms with Crippen molar-refractivity contribution >= 4 is 10.9 Å². The summed E-state index contributed by atoms with van der Waals surface area (Å²) in [5.41, 5.74) is 1.89. The number of aromatic nitrogens is 1. The Balaban J connectivity index is 0.00000182. The zero-order valence-corrected chi connectivity index (χ0v) is 15.0. The minimum absolute atomic E-state index is 0. The van der Waals surface area contributed by atoms with Gasteiger partial charge in [-0.2, -0.15) is 0 Å². The van der Waals surface area contributed by atoms with E-state index in [4.69, 9.17) is 4.74 Å². The largest absolute Gasteiger partial charge is 0.497 e. The summed E-state index contributed by atoms with van der Waals surface area (Å²) in [4.78, 5) is 6.94. The Morgan fingerprint density at radius 2 is 2.20 bits per heavy atom. The fourth-order valence-corrected chi connectivity index (χ4v) is 4.71. The van der Waals surface area contributed by atoms with E-state index in [0.29, 0.717) is 0 Å². The molecule has 5 heteroatoms. The number of benzene rings is 1. The first-order valence-corrected chi connectivity index (χ1v) is 9.06. The first-order chi connectivity index (χ1) is 11.7. The molecule has 5 rings (SSSR count). The highest BCUT2D eigenvalue weighted by molar-refractivity contribution is 5.83. The summed E-state index contributed by atoms with van der Waals surface area (Å²) in [6, 6.07) is 8.07. The summed E-state index contributed by atoms with van der Waals surface area (Å²) < 4.78 is 5.36. The van der Waals surface area contributed by atoms with Crippen LogP contribution in [0.4, 0.5) is 0 Å². The SMILES string of the molecule is CC[C@H]1CN2CC[C@H]1C[C@H]2[C@H](O)c1ccnc2ccc(OC)cc12.O. The molecule has 3 N–H and O–H groups in total. The van der Waals surface area contributed by atoms with E-state index in [-0.39, 0.29) is 11.5 Å². The summed E-state index contributed by atoms with van der Waals surface area (Å²) in [5.74, 6) is 2.37. The highest BCUT2D eigenvalue weighted by Gasteiger charge is 2.42. The molecule has 1 aromatic heterocycles. The molecule has 0 amide bonds. The summed E-state index contributed by atoms with van der Waals surface area (Å²) in [6.45, 7) is 4.55. The monoisotopic (exact) mass is 344 g/mol. The number of methoxy groups -OCH3 is 1. The molecule has 1 unspecified atom stereocenters. The van der Waals surface area contributed by atoms with Crippen molar-refractivity contribution in [3.63, 3.8) is 0 Å². The van der Waals surface area contributed by atoms with Crippen LogP contribution >= 0.6 is 0 Å². The number of hydrogen-bond donors (Lipinski definition) is 1. The van der Waals surface area contributed by atoms with E-state index in [0.717, 1.165) is 53.6 Å². The van der Waals surface area contributed by atoms with E-state index in [9.17, 15) is 5.11 Å². The van der Waals surface area contributed by atoms with Gasteiger partial charge in [0.05, 0.1) is 18.7 Å². The zero-order valence-electron chi connectivity index (χ0n) is 15.0. The molecule has 3 aliphatic rings. The molecule has 3 saturated heterocycles. The van der Waals surface area contributed by atoms with Crippen molar-refractivity contribution in [3.05, 3.63) is 36.0 Å². The Labute approximate surface area is 148 Å². The van der Waals surface area contributed by atoms with Gasteiger partial charge in [-0.1, -0.05) is 13.3 Å². The first kappa shape index (κ1) is 18.1. The Bertz CT molecular complexity index is 736. The first-order valence-electron chi connectivity index (χ1n) is 9.06. The normalized spacial score (nSPS) is 29.2. The molecule has 0 radical (unpaired) electrons. The molecule has 3 fully saturated rings. The van der Waals surface area contributed by atoms with Crippen molar-refractivity contribution < 1.29 is 15.3 Å². The molecule has 3 aliphatic heterocycles. The lowest BCUT2D eigenvalue weighted by atomic mass is 9.72. The van der Waals surface area contributed by atoms with E-state index in [1.54, 1.807) is 13.3 Å². The Morgan fingerprint density at radius 1 is 1.36 bits per heavy atom. The van der Waals surface area contributed by atoms with Crippen LogP contribution in [0.15, 0.2) is 30.5 Å². The van der Waals surface area contributed by atoms with Gasteiger partial charge < -0.3 is 15.3 Å². The van der Waals surface area contributed by atoms with Gasteiger partial charge in [0.25, 0.3) is 0 Å². The molecule has 0 saturated carbocycles. The minimum Gasteiger partial charge on any atom is -0.497 e. The van der Waals surface area contributed by atoms with Crippen molar-refractivity contribution in [2.24, 2.45) is 11.8 Å². The standard InChI is InChI=1S/C20H26N2O2.H2O/c1-3-13-12-22-9-7-14(13)10-19(22)20(23)16-6-8-21-18-5-4-15(24-2)11-17(16)18;/h4-6,8,11,13-14,19-20,23H,3,7,9-10,12H2,1-2H3;1H2/t13-,14-,19-,20+;/m0./s1. The number of aliphatic hydroxyl groups excluding tert-OH is 1. The van der Waals surface area contributed by atoms with Gasteiger partial charge in [-0.05, 0) is 61.1 Å². The predicted molar refractivity (Wildman–Crippen MR) is 98.7 cm³/mol. The molecule has 1 aromatic carbocycles. The lowest BCUT2D eigenvalue weighted by Crippen LogP contribution is -2.55. The van der Waals surface area contributed by atoms with Crippen LogP contribution in [0, 0.1) is 11.8 Å². The fourth-order valence-electron chi connectivity index (χ4n) is 4.71. The summed E-state index contributed by atoms with van der Waals surface area (Å²) in [7, 11) is 1.67. The Kier molecular flexibility index (Phi) is 5.27. The third-order valence-corrected chi connectivity index (χ3v) is 6.13. The number of rotatable bonds is 4.